The minimum absolute atomic E-state index is 0.161. The Morgan fingerprint density at radius 1 is 1.11 bits per heavy atom. The van der Waals surface area contributed by atoms with Gasteiger partial charge in [0.25, 0.3) is 5.91 Å². The summed E-state index contributed by atoms with van der Waals surface area (Å²) < 4.78 is 5.15. The van der Waals surface area contributed by atoms with E-state index in [-0.39, 0.29) is 29.1 Å². The molecule has 0 aliphatic heterocycles. The molecule has 0 saturated carbocycles. The fraction of sp³-hybridized carbons (Fsp3) is 0.190. The molecule has 6 heteroatoms. The number of fused-ring (bicyclic) bond motifs is 1. The summed E-state index contributed by atoms with van der Waals surface area (Å²) in [5, 5.41) is 3.61. The van der Waals surface area contributed by atoms with Crippen molar-refractivity contribution in [2.24, 2.45) is 0 Å². The summed E-state index contributed by atoms with van der Waals surface area (Å²) in [4.78, 5) is 28.6. The summed E-state index contributed by atoms with van der Waals surface area (Å²) in [7, 11) is 0. The Balaban J connectivity index is 1.57. The lowest BCUT2D eigenvalue weighted by atomic mass is 10.0. The Labute approximate surface area is 162 Å². The minimum Gasteiger partial charge on any atom is -0.452 e. The number of esters is 1. The Morgan fingerprint density at radius 2 is 1.81 bits per heavy atom. The number of carbonyl (C=O) groups excluding carboxylic acids is 2. The highest BCUT2D eigenvalue weighted by Crippen LogP contribution is 2.21. The predicted molar refractivity (Wildman–Crippen MR) is 105 cm³/mol. The summed E-state index contributed by atoms with van der Waals surface area (Å²) in [5.41, 5.74) is 2.02. The summed E-state index contributed by atoms with van der Waals surface area (Å²) in [6.07, 6.45) is 0. The Kier molecular flexibility index (Phi) is 6.04. The van der Waals surface area contributed by atoms with E-state index in [0.717, 1.165) is 5.56 Å². The number of carbonyl (C=O) groups is 2. The highest BCUT2D eigenvalue weighted by Gasteiger charge is 2.16. The molecule has 0 bridgehead atoms. The number of pyridine rings is 1. The van der Waals surface area contributed by atoms with E-state index in [9.17, 15) is 9.59 Å². The number of para-hydroxylation sites is 1. The zero-order valence-corrected chi connectivity index (χ0v) is 15.6. The normalized spacial score (nSPS) is 11.8. The van der Waals surface area contributed by atoms with Crippen molar-refractivity contribution in [1.82, 2.24) is 10.3 Å². The molecule has 0 fully saturated rings. The third kappa shape index (κ3) is 4.83. The average molecular weight is 383 g/mol. The van der Waals surface area contributed by atoms with E-state index >= 15 is 0 Å². The number of nitrogens with one attached hydrogen (secondary N) is 1. The highest BCUT2D eigenvalue weighted by molar-refractivity contribution is 6.30. The lowest BCUT2D eigenvalue weighted by Crippen LogP contribution is -2.31. The number of benzene rings is 2. The first-order chi connectivity index (χ1) is 13.0. The molecule has 27 heavy (non-hydrogen) atoms. The number of hydrogen-bond donors (Lipinski definition) is 1. The van der Waals surface area contributed by atoms with Gasteiger partial charge in [0.1, 0.15) is 5.15 Å². The first kappa shape index (κ1) is 18.9. The molecule has 1 amide bonds. The standard InChI is InChI=1S/C21H19ClN2O3/c1-14(15-7-3-2-4-8-15)12-23-20(25)13-27-21(26)17-11-19(22)24-18-10-6-5-9-16(17)18/h2-11,14H,12-13H2,1H3,(H,23,25)/t14-/m1/s1. The van der Waals surface area contributed by atoms with Crippen molar-refractivity contribution in [2.75, 3.05) is 13.2 Å². The van der Waals surface area contributed by atoms with Crippen molar-refractivity contribution >= 4 is 34.4 Å². The smallest absolute Gasteiger partial charge is 0.339 e. The molecule has 1 N–H and O–H groups in total. The lowest BCUT2D eigenvalue weighted by Gasteiger charge is -2.13. The van der Waals surface area contributed by atoms with E-state index in [1.807, 2.05) is 43.3 Å². The van der Waals surface area contributed by atoms with Gasteiger partial charge >= 0.3 is 5.97 Å². The molecule has 138 valence electrons. The maximum absolute atomic E-state index is 12.4. The lowest BCUT2D eigenvalue weighted by molar-refractivity contribution is -0.124. The van der Waals surface area contributed by atoms with Crippen LogP contribution in [0.4, 0.5) is 0 Å². The van der Waals surface area contributed by atoms with Crippen LogP contribution in [0, 0.1) is 0 Å². The Hall–Kier alpha value is -2.92. The van der Waals surface area contributed by atoms with Gasteiger partial charge < -0.3 is 10.1 Å². The molecule has 3 rings (SSSR count). The van der Waals surface area contributed by atoms with Crippen molar-refractivity contribution in [1.29, 1.82) is 0 Å². The molecule has 5 nitrogen and oxygen atoms in total. The van der Waals surface area contributed by atoms with Crippen LogP contribution < -0.4 is 5.32 Å². The number of ether oxygens (including phenoxy) is 1. The molecule has 1 aromatic heterocycles. The maximum Gasteiger partial charge on any atom is 0.339 e. The van der Waals surface area contributed by atoms with Gasteiger partial charge in [0.2, 0.25) is 0 Å². The number of halogens is 1. The van der Waals surface area contributed by atoms with Crippen LogP contribution in [0.2, 0.25) is 5.15 Å². The number of nitrogens with zero attached hydrogens (tertiary/aromatic N) is 1. The fourth-order valence-electron chi connectivity index (χ4n) is 2.74. The van der Waals surface area contributed by atoms with Gasteiger partial charge in [0.05, 0.1) is 11.1 Å². The minimum atomic E-state index is -0.609. The van der Waals surface area contributed by atoms with E-state index in [2.05, 4.69) is 10.3 Å². The molecule has 3 aromatic rings. The van der Waals surface area contributed by atoms with E-state index in [1.165, 1.54) is 6.07 Å². The van der Waals surface area contributed by atoms with Gasteiger partial charge in [-0.2, -0.15) is 0 Å². The Bertz CT molecular complexity index is 960. The topological polar surface area (TPSA) is 68.3 Å². The van der Waals surface area contributed by atoms with Crippen LogP contribution in [0.15, 0.2) is 60.7 Å². The van der Waals surface area contributed by atoms with E-state index in [1.54, 1.807) is 18.2 Å². The molecule has 0 aliphatic carbocycles. The molecule has 0 saturated heterocycles. The predicted octanol–water partition coefficient (Wildman–Crippen LogP) is 3.96. The molecule has 0 spiro atoms. The summed E-state index contributed by atoms with van der Waals surface area (Å²) >= 11 is 5.98. The third-order valence-electron chi connectivity index (χ3n) is 4.21. The first-order valence-electron chi connectivity index (χ1n) is 8.58. The third-order valence-corrected chi connectivity index (χ3v) is 4.41. The Morgan fingerprint density at radius 3 is 2.59 bits per heavy atom. The second kappa shape index (κ2) is 8.64. The zero-order valence-electron chi connectivity index (χ0n) is 14.8. The van der Waals surface area contributed by atoms with Gasteiger partial charge in [-0.1, -0.05) is 67.1 Å². The van der Waals surface area contributed by atoms with Crippen LogP contribution in [-0.2, 0) is 9.53 Å². The molecule has 2 aromatic carbocycles. The van der Waals surface area contributed by atoms with Gasteiger partial charge in [-0.05, 0) is 23.6 Å². The van der Waals surface area contributed by atoms with E-state index < -0.39 is 5.97 Å². The van der Waals surface area contributed by atoms with E-state index in [0.29, 0.717) is 17.4 Å². The van der Waals surface area contributed by atoms with Crippen LogP contribution in [0.1, 0.15) is 28.8 Å². The molecule has 1 atom stereocenters. The number of rotatable bonds is 6. The van der Waals surface area contributed by atoms with Crippen LogP contribution in [0.3, 0.4) is 0 Å². The summed E-state index contributed by atoms with van der Waals surface area (Å²) in [6.45, 7) is 2.13. The van der Waals surface area contributed by atoms with Crippen molar-refractivity contribution in [3.8, 4) is 0 Å². The number of aromatic nitrogens is 1. The largest absolute Gasteiger partial charge is 0.452 e. The quantitative estimate of drug-likeness (QED) is 0.517. The van der Waals surface area contributed by atoms with Gasteiger partial charge in [-0.25, -0.2) is 9.78 Å². The average Bonchev–Trinajstić information content (AvgIpc) is 2.70. The highest BCUT2D eigenvalue weighted by atomic mass is 35.5. The van der Waals surface area contributed by atoms with Gasteiger partial charge in [0.15, 0.2) is 6.61 Å². The van der Waals surface area contributed by atoms with Gasteiger partial charge in [-0.15, -0.1) is 0 Å². The van der Waals surface area contributed by atoms with Crippen LogP contribution in [0.25, 0.3) is 10.9 Å². The van der Waals surface area contributed by atoms with Gasteiger partial charge in [0, 0.05) is 11.9 Å². The van der Waals surface area contributed by atoms with Crippen molar-refractivity contribution in [3.63, 3.8) is 0 Å². The SMILES string of the molecule is C[C@H](CNC(=O)COC(=O)c1cc(Cl)nc2ccccc12)c1ccccc1. The second-order valence-corrected chi connectivity index (χ2v) is 6.59. The maximum atomic E-state index is 12.4. The van der Waals surface area contributed by atoms with Crippen molar-refractivity contribution < 1.29 is 14.3 Å². The monoisotopic (exact) mass is 382 g/mol. The van der Waals surface area contributed by atoms with Crippen molar-refractivity contribution in [3.05, 3.63) is 76.9 Å². The molecule has 0 unspecified atom stereocenters. The number of hydrogen-bond acceptors (Lipinski definition) is 4. The van der Waals surface area contributed by atoms with Crippen molar-refractivity contribution in [2.45, 2.75) is 12.8 Å². The second-order valence-electron chi connectivity index (χ2n) is 6.20. The molecule has 0 aliphatic rings. The molecule has 1 heterocycles. The summed E-state index contributed by atoms with van der Waals surface area (Å²) in [5.74, 6) is -0.800. The van der Waals surface area contributed by atoms with Crippen LogP contribution in [-0.4, -0.2) is 30.0 Å². The fourth-order valence-corrected chi connectivity index (χ4v) is 2.94. The summed E-state index contributed by atoms with van der Waals surface area (Å²) in [6, 6.07) is 18.5. The number of amides is 1. The molecule has 0 radical (unpaired) electrons. The molecular weight excluding hydrogens is 364 g/mol. The van der Waals surface area contributed by atoms with Gasteiger partial charge in [-0.3, -0.25) is 4.79 Å². The zero-order chi connectivity index (χ0) is 19.2. The first-order valence-corrected chi connectivity index (χ1v) is 8.96. The van der Waals surface area contributed by atoms with Crippen LogP contribution >= 0.6 is 11.6 Å². The van der Waals surface area contributed by atoms with Crippen LogP contribution in [0.5, 0.6) is 0 Å². The van der Waals surface area contributed by atoms with E-state index in [4.69, 9.17) is 16.3 Å². The molecular formula is C21H19ClN2O3.